The molecule has 0 aliphatic rings. The van der Waals surface area contributed by atoms with Crippen molar-refractivity contribution in [2.24, 2.45) is 0 Å². The third-order valence-electron chi connectivity index (χ3n) is 3.22. The fourth-order valence-electron chi connectivity index (χ4n) is 2.28. The van der Waals surface area contributed by atoms with Gasteiger partial charge in [-0.2, -0.15) is 0 Å². The molecule has 0 radical (unpaired) electrons. The summed E-state index contributed by atoms with van der Waals surface area (Å²) < 4.78 is 16.2. The number of nitrogens with zero attached hydrogens (tertiary/aromatic N) is 3. The van der Waals surface area contributed by atoms with Crippen molar-refractivity contribution in [3.8, 4) is 0 Å². The monoisotopic (exact) mass is 387 g/mol. The third-order valence-corrected chi connectivity index (χ3v) is 4.86. The van der Waals surface area contributed by atoms with E-state index < -0.39 is 0 Å². The molecule has 3 nitrogen and oxygen atoms in total. The summed E-state index contributed by atoms with van der Waals surface area (Å²) in [7, 11) is 0. The fraction of sp³-hybridized carbons (Fsp3) is 0.286. The molecular formula is C14H12BrClFN3S. The lowest BCUT2D eigenvalue weighted by atomic mass is 10.3. The molecular weight excluding hydrogens is 377 g/mol. The Hall–Kier alpha value is -0.980. The van der Waals surface area contributed by atoms with E-state index in [4.69, 9.17) is 11.6 Å². The van der Waals surface area contributed by atoms with E-state index in [2.05, 4.69) is 30.5 Å². The van der Waals surface area contributed by atoms with Crippen LogP contribution in [0.5, 0.6) is 0 Å². The van der Waals surface area contributed by atoms with Crippen LogP contribution in [-0.4, -0.2) is 20.4 Å². The van der Waals surface area contributed by atoms with Crippen molar-refractivity contribution in [3.05, 3.63) is 44.8 Å². The minimum absolute atomic E-state index is 0.301. The molecule has 3 rings (SSSR count). The van der Waals surface area contributed by atoms with Crippen LogP contribution in [0.1, 0.15) is 10.8 Å². The van der Waals surface area contributed by atoms with E-state index in [9.17, 15) is 4.39 Å². The first-order valence-corrected chi connectivity index (χ1v) is 8.68. The average molecular weight is 389 g/mol. The molecule has 0 aliphatic carbocycles. The zero-order valence-electron chi connectivity index (χ0n) is 11.0. The molecule has 0 atom stereocenters. The van der Waals surface area contributed by atoms with Crippen molar-refractivity contribution in [1.82, 2.24) is 14.5 Å². The summed E-state index contributed by atoms with van der Waals surface area (Å²) in [5.74, 6) is 1.07. The molecule has 2 aromatic heterocycles. The number of rotatable bonds is 5. The Bertz CT molecular complexity index is 757. The van der Waals surface area contributed by atoms with E-state index in [0.717, 1.165) is 29.3 Å². The molecule has 2 heterocycles. The first-order valence-electron chi connectivity index (χ1n) is 6.47. The maximum Gasteiger partial charge on any atom is 0.139 e. The van der Waals surface area contributed by atoms with Crippen molar-refractivity contribution in [2.45, 2.75) is 19.4 Å². The molecule has 0 saturated heterocycles. The number of thiazole rings is 1. The predicted octanol–water partition coefficient (Wildman–Crippen LogP) is 4.42. The summed E-state index contributed by atoms with van der Waals surface area (Å²) in [6, 6.07) is 3.23. The molecule has 0 bridgehead atoms. The van der Waals surface area contributed by atoms with Crippen LogP contribution < -0.4 is 0 Å². The van der Waals surface area contributed by atoms with Crippen LogP contribution in [0, 0.1) is 5.82 Å². The Labute approximate surface area is 138 Å². The highest BCUT2D eigenvalue weighted by molar-refractivity contribution is 9.10. The van der Waals surface area contributed by atoms with E-state index in [1.54, 1.807) is 23.6 Å². The van der Waals surface area contributed by atoms with Gasteiger partial charge in [-0.25, -0.2) is 14.4 Å². The summed E-state index contributed by atoms with van der Waals surface area (Å²) in [5, 5.41) is 3.04. The highest BCUT2D eigenvalue weighted by atomic mass is 79.9. The average Bonchev–Trinajstić information content (AvgIpc) is 3.06. The number of alkyl halides is 1. The Balaban J connectivity index is 2.00. The van der Waals surface area contributed by atoms with Gasteiger partial charge >= 0.3 is 0 Å². The van der Waals surface area contributed by atoms with Gasteiger partial charge in [0.05, 0.1) is 20.5 Å². The zero-order chi connectivity index (χ0) is 14.8. The number of aromatic nitrogens is 3. The van der Waals surface area contributed by atoms with E-state index in [0.29, 0.717) is 22.3 Å². The lowest BCUT2D eigenvalue weighted by molar-refractivity contribution is 0.622. The topological polar surface area (TPSA) is 30.7 Å². The SMILES string of the molecule is Fc1cc2nc(CCCl)n(CCc3nccs3)c2cc1Br. The van der Waals surface area contributed by atoms with E-state index in [1.165, 1.54) is 6.07 Å². The molecule has 7 heteroatoms. The summed E-state index contributed by atoms with van der Waals surface area (Å²) in [5.41, 5.74) is 1.58. The number of fused-ring (bicyclic) bond motifs is 1. The number of aryl methyl sites for hydroxylation is 3. The van der Waals surface area contributed by atoms with Crippen molar-refractivity contribution < 1.29 is 4.39 Å². The van der Waals surface area contributed by atoms with Crippen molar-refractivity contribution in [2.75, 3.05) is 5.88 Å². The first kappa shape index (κ1) is 14.9. The number of imidazole rings is 1. The second kappa shape index (κ2) is 6.42. The van der Waals surface area contributed by atoms with E-state index in [-0.39, 0.29) is 5.82 Å². The Morgan fingerprint density at radius 2 is 2.19 bits per heavy atom. The van der Waals surface area contributed by atoms with Crippen LogP contribution >= 0.6 is 38.9 Å². The van der Waals surface area contributed by atoms with Gasteiger partial charge in [0, 0.05) is 42.9 Å². The molecule has 0 N–H and O–H groups in total. The van der Waals surface area contributed by atoms with Gasteiger partial charge in [0.15, 0.2) is 0 Å². The van der Waals surface area contributed by atoms with Crippen molar-refractivity contribution in [1.29, 1.82) is 0 Å². The summed E-state index contributed by atoms with van der Waals surface area (Å²) in [6.07, 6.45) is 3.29. The van der Waals surface area contributed by atoms with Gasteiger partial charge < -0.3 is 4.57 Å². The molecule has 3 aromatic rings. The highest BCUT2D eigenvalue weighted by Gasteiger charge is 2.13. The minimum atomic E-state index is -0.301. The van der Waals surface area contributed by atoms with Crippen LogP contribution in [0.15, 0.2) is 28.2 Å². The number of hydrogen-bond donors (Lipinski definition) is 0. The molecule has 0 unspecified atom stereocenters. The smallest absolute Gasteiger partial charge is 0.139 e. The number of hydrogen-bond acceptors (Lipinski definition) is 3. The fourth-order valence-corrected chi connectivity index (χ4v) is 3.39. The van der Waals surface area contributed by atoms with E-state index >= 15 is 0 Å². The van der Waals surface area contributed by atoms with Gasteiger partial charge in [-0.15, -0.1) is 22.9 Å². The standard InChI is InChI=1S/C14H12BrClFN3S/c15-9-7-12-11(8-10(9)17)19-13(1-3-16)20(12)5-2-14-18-4-6-21-14/h4,6-8H,1-3,5H2. The van der Waals surface area contributed by atoms with Gasteiger partial charge in [-0.05, 0) is 22.0 Å². The van der Waals surface area contributed by atoms with Crippen molar-refractivity contribution >= 4 is 49.9 Å². The van der Waals surface area contributed by atoms with Crippen LogP contribution in [-0.2, 0) is 19.4 Å². The van der Waals surface area contributed by atoms with Crippen molar-refractivity contribution in [3.63, 3.8) is 0 Å². The Morgan fingerprint density at radius 3 is 2.90 bits per heavy atom. The molecule has 0 amide bonds. The van der Waals surface area contributed by atoms with Gasteiger partial charge in [0.25, 0.3) is 0 Å². The maximum atomic E-state index is 13.7. The first-order chi connectivity index (χ1) is 10.2. The predicted molar refractivity (Wildman–Crippen MR) is 87.6 cm³/mol. The molecule has 0 fully saturated rings. The quantitative estimate of drug-likeness (QED) is 0.606. The van der Waals surface area contributed by atoms with Gasteiger partial charge in [0.1, 0.15) is 11.6 Å². The second-order valence-corrected chi connectivity index (χ2v) is 6.76. The second-order valence-electron chi connectivity index (χ2n) is 4.55. The largest absolute Gasteiger partial charge is 0.327 e. The maximum absolute atomic E-state index is 13.7. The summed E-state index contributed by atoms with van der Waals surface area (Å²) in [6.45, 7) is 0.758. The lowest BCUT2D eigenvalue weighted by Crippen LogP contribution is -2.07. The highest BCUT2D eigenvalue weighted by Crippen LogP contribution is 2.25. The molecule has 1 aromatic carbocycles. The molecule has 0 saturated carbocycles. The normalized spacial score (nSPS) is 11.4. The van der Waals surface area contributed by atoms with Crippen LogP contribution in [0.4, 0.5) is 4.39 Å². The van der Waals surface area contributed by atoms with E-state index in [1.807, 2.05) is 5.38 Å². The lowest BCUT2D eigenvalue weighted by Gasteiger charge is -2.07. The van der Waals surface area contributed by atoms with Gasteiger partial charge in [-0.1, -0.05) is 0 Å². The summed E-state index contributed by atoms with van der Waals surface area (Å²) in [4.78, 5) is 8.80. The van der Waals surface area contributed by atoms with Crippen LogP contribution in [0.2, 0.25) is 0 Å². The minimum Gasteiger partial charge on any atom is -0.327 e. The molecule has 21 heavy (non-hydrogen) atoms. The Morgan fingerprint density at radius 1 is 1.33 bits per heavy atom. The number of benzene rings is 1. The number of halogens is 3. The van der Waals surface area contributed by atoms with Gasteiger partial charge in [-0.3, -0.25) is 0 Å². The third kappa shape index (κ3) is 3.12. The van der Waals surface area contributed by atoms with Gasteiger partial charge in [0.2, 0.25) is 0 Å². The van der Waals surface area contributed by atoms with Crippen LogP contribution in [0.25, 0.3) is 11.0 Å². The molecule has 110 valence electrons. The zero-order valence-corrected chi connectivity index (χ0v) is 14.2. The summed E-state index contributed by atoms with van der Waals surface area (Å²) >= 11 is 10.7. The molecule has 0 spiro atoms. The van der Waals surface area contributed by atoms with Crippen LogP contribution in [0.3, 0.4) is 0 Å². The molecule has 0 aliphatic heterocycles. The Kier molecular flexibility index (Phi) is 4.57.